The number of rotatable bonds is 3. The van der Waals surface area contributed by atoms with Crippen LogP contribution in [-0.4, -0.2) is 47.4 Å². The molecule has 5 heteroatoms. The van der Waals surface area contributed by atoms with Crippen molar-refractivity contribution in [2.75, 3.05) is 6.54 Å². The standard InChI is InChI=1S/C19H28N2O3/c1-13-10-16-17(23-13)15(20-18(22)24-19(2,3)4)12-21(16)11-14-8-6-5-7-9-14/h5-9,13,15-17H,10-12H2,1-4H3,(H,20,22)/t13?,15-,16+,17+/m0/s1. The molecule has 0 spiro atoms. The average Bonchev–Trinajstić information content (AvgIpc) is 2.98. The van der Waals surface area contributed by atoms with Crippen molar-refractivity contribution < 1.29 is 14.3 Å². The number of carbonyl (C=O) groups excluding carboxylic acids is 1. The van der Waals surface area contributed by atoms with Gasteiger partial charge in [0.1, 0.15) is 5.60 Å². The van der Waals surface area contributed by atoms with Crippen LogP contribution in [0, 0.1) is 0 Å². The Morgan fingerprint density at radius 1 is 1.33 bits per heavy atom. The number of carbonyl (C=O) groups is 1. The highest BCUT2D eigenvalue weighted by Gasteiger charge is 2.48. The second-order valence-corrected chi connectivity index (χ2v) is 7.88. The van der Waals surface area contributed by atoms with E-state index in [4.69, 9.17) is 9.47 Å². The van der Waals surface area contributed by atoms with Crippen molar-refractivity contribution in [1.29, 1.82) is 0 Å². The van der Waals surface area contributed by atoms with Crippen molar-refractivity contribution in [3.05, 3.63) is 35.9 Å². The molecule has 24 heavy (non-hydrogen) atoms. The predicted octanol–water partition coefficient (Wildman–Crippen LogP) is 2.94. The van der Waals surface area contributed by atoms with E-state index in [0.29, 0.717) is 6.04 Å². The fourth-order valence-corrected chi connectivity index (χ4v) is 3.69. The minimum Gasteiger partial charge on any atom is -0.444 e. The van der Waals surface area contributed by atoms with E-state index in [2.05, 4.69) is 41.4 Å². The van der Waals surface area contributed by atoms with Crippen molar-refractivity contribution in [2.45, 2.75) is 70.6 Å². The summed E-state index contributed by atoms with van der Waals surface area (Å²) in [5.41, 5.74) is 0.795. The summed E-state index contributed by atoms with van der Waals surface area (Å²) in [6.45, 7) is 9.39. The molecule has 1 aromatic rings. The molecule has 1 N–H and O–H groups in total. The van der Waals surface area contributed by atoms with Gasteiger partial charge >= 0.3 is 6.09 Å². The van der Waals surface area contributed by atoms with Gasteiger partial charge in [-0.15, -0.1) is 0 Å². The minimum absolute atomic E-state index is 0.0292. The van der Waals surface area contributed by atoms with E-state index >= 15 is 0 Å². The minimum atomic E-state index is -0.490. The van der Waals surface area contributed by atoms with Gasteiger partial charge in [-0.3, -0.25) is 4.90 Å². The second-order valence-electron chi connectivity index (χ2n) is 7.88. The number of nitrogens with one attached hydrogen (secondary N) is 1. The van der Waals surface area contributed by atoms with Crippen LogP contribution in [0.4, 0.5) is 4.79 Å². The Hall–Kier alpha value is -1.59. The Balaban J connectivity index is 1.66. The van der Waals surface area contributed by atoms with Crippen molar-refractivity contribution in [2.24, 2.45) is 0 Å². The smallest absolute Gasteiger partial charge is 0.408 e. The first-order chi connectivity index (χ1) is 11.3. The summed E-state index contributed by atoms with van der Waals surface area (Å²) in [4.78, 5) is 14.6. The first-order valence-corrected chi connectivity index (χ1v) is 8.75. The van der Waals surface area contributed by atoms with Crippen molar-refractivity contribution in [3.63, 3.8) is 0 Å². The number of alkyl carbamates (subject to hydrolysis) is 1. The Bertz CT molecular complexity index is 570. The molecule has 3 rings (SSSR count). The average molecular weight is 332 g/mol. The quantitative estimate of drug-likeness (QED) is 0.925. The number of nitrogens with zero attached hydrogens (tertiary/aromatic N) is 1. The van der Waals surface area contributed by atoms with Crippen LogP contribution < -0.4 is 5.32 Å². The molecule has 1 aromatic carbocycles. The normalized spacial score (nSPS) is 30.2. The van der Waals surface area contributed by atoms with Crippen molar-refractivity contribution >= 4 is 6.09 Å². The highest BCUT2D eigenvalue weighted by molar-refractivity contribution is 5.68. The van der Waals surface area contributed by atoms with Gasteiger partial charge in [0.2, 0.25) is 0 Å². The van der Waals surface area contributed by atoms with Crippen LogP contribution in [0.15, 0.2) is 30.3 Å². The molecule has 1 amide bonds. The maximum Gasteiger partial charge on any atom is 0.408 e. The van der Waals surface area contributed by atoms with Gasteiger partial charge in [0.15, 0.2) is 0 Å². The zero-order chi connectivity index (χ0) is 17.3. The van der Waals surface area contributed by atoms with Crippen LogP contribution in [0.2, 0.25) is 0 Å². The van der Waals surface area contributed by atoms with Gasteiger partial charge in [-0.2, -0.15) is 0 Å². The van der Waals surface area contributed by atoms with Crippen LogP contribution in [0.3, 0.4) is 0 Å². The molecule has 2 fully saturated rings. The van der Waals surface area contributed by atoms with Gasteiger partial charge in [-0.25, -0.2) is 4.79 Å². The lowest BCUT2D eigenvalue weighted by Gasteiger charge is -2.24. The molecule has 0 saturated carbocycles. The lowest BCUT2D eigenvalue weighted by atomic mass is 10.1. The van der Waals surface area contributed by atoms with Gasteiger partial charge in [0, 0.05) is 19.1 Å². The first kappa shape index (κ1) is 17.2. The fraction of sp³-hybridized carbons (Fsp3) is 0.632. The number of likely N-dealkylation sites (tertiary alicyclic amines) is 1. The monoisotopic (exact) mass is 332 g/mol. The molecule has 132 valence electrons. The van der Waals surface area contributed by atoms with Crippen LogP contribution in [-0.2, 0) is 16.0 Å². The molecule has 2 aliphatic rings. The molecular formula is C19H28N2O3. The zero-order valence-electron chi connectivity index (χ0n) is 15.0. The molecule has 2 saturated heterocycles. The summed E-state index contributed by atoms with van der Waals surface area (Å²) in [6, 6.07) is 10.8. The van der Waals surface area contributed by atoms with Crippen LogP contribution in [0.25, 0.3) is 0 Å². The first-order valence-electron chi connectivity index (χ1n) is 8.75. The lowest BCUT2D eigenvalue weighted by molar-refractivity contribution is 0.0252. The fourth-order valence-electron chi connectivity index (χ4n) is 3.69. The van der Waals surface area contributed by atoms with E-state index in [0.717, 1.165) is 19.5 Å². The summed E-state index contributed by atoms with van der Waals surface area (Å²) in [7, 11) is 0. The van der Waals surface area contributed by atoms with E-state index in [-0.39, 0.29) is 24.3 Å². The van der Waals surface area contributed by atoms with Crippen molar-refractivity contribution in [3.8, 4) is 0 Å². The molecular weight excluding hydrogens is 304 g/mol. The Kier molecular flexibility index (Phi) is 4.83. The number of amides is 1. The third kappa shape index (κ3) is 4.08. The summed E-state index contributed by atoms with van der Waals surface area (Å²) >= 11 is 0. The zero-order valence-corrected chi connectivity index (χ0v) is 15.0. The molecule has 5 nitrogen and oxygen atoms in total. The number of hydrogen-bond donors (Lipinski definition) is 1. The molecule has 0 aromatic heterocycles. The van der Waals surface area contributed by atoms with Gasteiger partial charge in [0.25, 0.3) is 0 Å². The summed E-state index contributed by atoms with van der Waals surface area (Å²) in [6.07, 6.45) is 0.901. The van der Waals surface area contributed by atoms with Gasteiger partial charge in [-0.05, 0) is 39.7 Å². The SMILES string of the molecule is CC1C[C@@H]2[C@H](O1)[C@@H](NC(=O)OC(C)(C)C)CN2Cc1ccccc1. The predicted molar refractivity (Wildman–Crippen MR) is 92.7 cm³/mol. The molecule has 0 aliphatic carbocycles. The summed E-state index contributed by atoms with van der Waals surface area (Å²) < 4.78 is 11.5. The Labute approximate surface area is 144 Å². The number of ether oxygens (including phenoxy) is 2. The van der Waals surface area contributed by atoms with Crippen LogP contribution >= 0.6 is 0 Å². The van der Waals surface area contributed by atoms with E-state index in [1.54, 1.807) is 0 Å². The number of hydrogen-bond acceptors (Lipinski definition) is 4. The van der Waals surface area contributed by atoms with E-state index in [1.165, 1.54) is 5.56 Å². The Morgan fingerprint density at radius 3 is 2.71 bits per heavy atom. The molecule has 2 aliphatic heterocycles. The van der Waals surface area contributed by atoms with Crippen LogP contribution in [0.5, 0.6) is 0 Å². The summed E-state index contributed by atoms with van der Waals surface area (Å²) in [5.74, 6) is 0. The van der Waals surface area contributed by atoms with Crippen LogP contribution in [0.1, 0.15) is 39.7 Å². The molecule has 0 bridgehead atoms. The third-order valence-corrected chi connectivity index (χ3v) is 4.57. The van der Waals surface area contributed by atoms with Gasteiger partial charge < -0.3 is 14.8 Å². The summed E-state index contributed by atoms with van der Waals surface area (Å²) in [5, 5.41) is 3.02. The van der Waals surface area contributed by atoms with E-state index in [9.17, 15) is 4.79 Å². The third-order valence-electron chi connectivity index (χ3n) is 4.57. The van der Waals surface area contributed by atoms with Crippen molar-refractivity contribution in [1.82, 2.24) is 10.2 Å². The lowest BCUT2D eigenvalue weighted by Crippen LogP contribution is -2.46. The van der Waals surface area contributed by atoms with E-state index < -0.39 is 5.60 Å². The van der Waals surface area contributed by atoms with Gasteiger partial charge in [0.05, 0.1) is 18.2 Å². The molecule has 1 unspecified atom stereocenters. The topological polar surface area (TPSA) is 50.8 Å². The second kappa shape index (κ2) is 6.73. The molecule has 2 heterocycles. The largest absolute Gasteiger partial charge is 0.444 e. The highest BCUT2D eigenvalue weighted by Crippen LogP contribution is 2.34. The highest BCUT2D eigenvalue weighted by atomic mass is 16.6. The maximum atomic E-state index is 12.1. The molecule has 0 radical (unpaired) electrons. The number of benzene rings is 1. The Morgan fingerprint density at radius 2 is 2.04 bits per heavy atom. The van der Waals surface area contributed by atoms with Gasteiger partial charge in [-0.1, -0.05) is 30.3 Å². The maximum absolute atomic E-state index is 12.1. The van der Waals surface area contributed by atoms with E-state index in [1.807, 2.05) is 26.8 Å². The molecule has 4 atom stereocenters. The number of fused-ring (bicyclic) bond motifs is 1.